The number of hydrogen-bond acceptors (Lipinski definition) is 4. The average molecular weight is 366 g/mol. The van der Waals surface area contributed by atoms with Gasteiger partial charge in [-0.1, -0.05) is 54.4 Å². The van der Waals surface area contributed by atoms with Crippen molar-refractivity contribution in [2.24, 2.45) is 0 Å². The van der Waals surface area contributed by atoms with Crippen LogP contribution in [-0.2, 0) is 0 Å². The molecule has 1 heterocycles. The van der Waals surface area contributed by atoms with E-state index in [-0.39, 0.29) is 17.4 Å². The van der Waals surface area contributed by atoms with Crippen LogP contribution in [0.5, 0.6) is 0 Å². The molecule has 4 nitrogen and oxygen atoms in total. The van der Waals surface area contributed by atoms with Crippen LogP contribution in [0.15, 0.2) is 54.6 Å². The van der Waals surface area contributed by atoms with Gasteiger partial charge in [0.1, 0.15) is 4.99 Å². The first-order valence-corrected chi connectivity index (χ1v) is 8.70. The molecule has 2 aromatic carbocycles. The van der Waals surface area contributed by atoms with Crippen LogP contribution in [0.1, 0.15) is 20.8 Å². The summed E-state index contributed by atoms with van der Waals surface area (Å²) in [6.45, 7) is 0.269. The standard InChI is InChI=1S/C19H14N2O2S2/c22-18(17-12-15-5-1-2-6-16(15)25-17)20-11-3-4-13-7-9-14(10-8-13)19(24)21-23/h1-2,5-10,12,23H,11H2,(H,20,22)(H,21,24). The summed E-state index contributed by atoms with van der Waals surface area (Å²) in [5.41, 5.74) is 3.45. The summed E-state index contributed by atoms with van der Waals surface area (Å²) in [6, 6.07) is 16.9. The molecule has 0 radical (unpaired) electrons. The van der Waals surface area contributed by atoms with Crippen molar-refractivity contribution in [1.29, 1.82) is 0 Å². The van der Waals surface area contributed by atoms with Gasteiger partial charge in [0, 0.05) is 15.8 Å². The minimum Gasteiger partial charge on any atom is -0.340 e. The van der Waals surface area contributed by atoms with E-state index in [2.05, 4.69) is 17.2 Å². The second-order valence-electron chi connectivity index (χ2n) is 5.15. The number of fused-ring (bicyclic) bond motifs is 1. The van der Waals surface area contributed by atoms with Gasteiger partial charge >= 0.3 is 0 Å². The Kier molecular flexibility index (Phi) is 5.41. The van der Waals surface area contributed by atoms with Gasteiger partial charge < -0.3 is 5.32 Å². The molecule has 0 saturated heterocycles. The number of nitrogens with one attached hydrogen (secondary N) is 2. The third-order valence-electron chi connectivity index (χ3n) is 3.47. The fourth-order valence-corrected chi connectivity index (χ4v) is 3.34. The quantitative estimate of drug-likeness (QED) is 0.378. The number of amides is 1. The molecule has 6 heteroatoms. The molecule has 0 saturated carbocycles. The van der Waals surface area contributed by atoms with E-state index >= 15 is 0 Å². The SMILES string of the molecule is O=C(NCC#Cc1ccc(C(=S)NO)cc1)c1cc2ccccc2s1. The molecule has 0 aliphatic heterocycles. The molecule has 3 rings (SSSR count). The zero-order valence-electron chi connectivity index (χ0n) is 13.1. The van der Waals surface area contributed by atoms with Crippen molar-refractivity contribution in [2.75, 3.05) is 6.54 Å². The second-order valence-corrected chi connectivity index (χ2v) is 6.64. The van der Waals surface area contributed by atoms with Crippen LogP contribution in [0, 0.1) is 11.8 Å². The fourth-order valence-electron chi connectivity index (χ4n) is 2.22. The second kappa shape index (κ2) is 7.90. The number of hydrogen-bond donors (Lipinski definition) is 3. The molecular weight excluding hydrogens is 352 g/mol. The number of carbonyl (C=O) groups excluding carboxylic acids is 1. The summed E-state index contributed by atoms with van der Waals surface area (Å²) >= 11 is 6.39. The number of carbonyl (C=O) groups is 1. The van der Waals surface area contributed by atoms with Crippen molar-refractivity contribution in [3.8, 4) is 11.8 Å². The minimum atomic E-state index is -0.120. The Morgan fingerprint density at radius 2 is 1.92 bits per heavy atom. The number of benzene rings is 2. The topological polar surface area (TPSA) is 61.4 Å². The zero-order valence-corrected chi connectivity index (χ0v) is 14.7. The van der Waals surface area contributed by atoms with E-state index < -0.39 is 0 Å². The molecule has 124 valence electrons. The molecule has 25 heavy (non-hydrogen) atoms. The highest BCUT2D eigenvalue weighted by atomic mass is 32.1. The molecule has 1 aromatic heterocycles. The van der Waals surface area contributed by atoms with Crippen molar-refractivity contribution >= 4 is 44.5 Å². The first-order valence-electron chi connectivity index (χ1n) is 7.47. The van der Waals surface area contributed by atoms with Crippen molar-refractivity contribution in [2.45, 2.75) is 0 Å². The monoisotopic (exact) mass is 366 g/mol. The number of rotatable bonds is 3. The maximum atomic E-state index is 12.2. The van der Waals surface area contributed by atoms with Gasteiger partial charge in [-0.05, 0) is 29.7 Å². The van der Waals surface area contributed by atoms with E-state index in [9.17, 15) is 4.79 Å². The van der Waals surface area contributed by atoms with Crippen LogP contribution in [0.2, 0.25) is 0 Å². The first-order chi connectivity index (χ1) is 12.2. The highest BCUT2D eigenvalue weighted by Crippen LogP contribution is 2.24. The van der Waals surface area contributed by atoms with E-state index in [1.165, 1.54) is 11.3 Å². The third-order valence-corrected chi connectivity index (χ3v) is 4.91. The van der Waals surface area contributed by atoms with Crippen LogP contribution in [0.3, 0.4) is 0 Å². The number of thiocarbonyl (C=S) groups is 1. The molecule has 0 aliphatic carbocycles. The Morgan fingerprint density at radius 3 is 2.64 bits per heavy atom. The lowest BCUT2D eigenvalue weighted by Crippen LogP contribution is -2.22. The molecule has 3 N–H and O–H groups in total. The van der Waals surface area contributed by atoms with Crippen LogP contribution < -0.4 is 10.8 Å². The fraction of sp³-hybridized carbons (Fsp3) is 0.0526. The maximum absolute atomic E-state index is 12.2. The molecule has 3 aromatic rings. The van der Waals surface area contributed by atoms with Gasteiger partial charge in [0.25, 0.3) is 5.91 Å². The summed E-state index contributed by atoms with van der Waals surface area (Å²) in [5, 5.41) is 12.6. The van der Waals surface area contributed by atoms with Gasteiger partial charge in [0.15, 0.2) is 0 Å². The Hall–Kier alpha value is -2.72. The molecule has 1 amide bonds. The van der Waals surface area contributed by atoms with Crippen LogP contribution in [0.25, 0.3) is 10.1 Å². The van der Waals surface area contributed by atoms with E-state index in [1.807, 2.05) is 35.8 Å². The predicted molar refractivity (Wildman–Crippen MR) is 104 cm³/mol. The van der Waals surface area contributed by atoms with E-state index in [1.54, 1.807) is 24.3 Å². The average Bonchev–Trinajstić information content (AvgIpc) is 3.09. The van der Waals surface area contributed by atoms with Gasteiger partial charge in [-0.25, -0.2) is 0 Å². The van der Waals surface area contributed by atoms with E-state index in [0.717, 1.165) is 15.6 Å². The molecule has 0 fully saturated rings. The van der Waals surface area contributed by atoms with Gasteiger partial charge in [-0.3, -0.25) is 15.5 Å². The lowest BCUT2D eigenvalue weighted by molar-refractivity contribution is 0.0963. The smallest absolute Gasteiger partial charge is 0.262 e. The van der Waals surface area contributed by atoms with Crippen molar-refractivity contribution in [1.82, 2.24) is 10.8 Å². The predicted octanol–water partition coefficient (Wildman–Crippen LogP) is 3.34. The Labute approximate surface area is 154 Å². The highest BCUT2D eigenvalue weighted by Gasteiger charge is 2.08. The van der Waals surface area contributed by atoms with Crippen LogP contribution in [-0.4, -0.2) is 22.6 Å². The normalized spacial score (nSPS) is 9.96. The van der Waals surface area contributed by atoms with Gasteiger partial charge in [-0.15, -0.1) is 11.3 Å². The molecule has 0 bridgehead atoms. The summed E-state index contributed by atoms with van der Waals surface area (Å²) < 4.78 is 1.09. The highest BCUT2D eigenvalue weighted by molar-refractivity contribution is 7.80. The minimum absolute atomic E-state index is 0.120. The summed E-state index contributed by atoms with van der Waals surface area (Å²) in [5.74, 6) is 5.78. The Morgan fingerprint density at radius 1 is 1.16 bits per heavy atom. The van der Waals surface area contributed by atoms with Crippen molar-refractivity contribution < 1.29 is 10.0 Å². The van der Waals surface area contributed by atoms with Gasteiger partial charge in [0.05, 0.1) is 11.4 Å². The van der Waals surface area contributed by atoms with Crippen LogP contribution in [0.4, 0.5) is 0 Å². The van der Waals surface area contributed by atoms with Crippen LogP contribution >= 0.6 is 23.6 Å². The number of thiophene rings is 1. The summed E-state index contributed by atoms with van der Waals surface area (Å²) in [7, 11) is 0. The third kappa shape index (κ3) is 4.22. The van der Waals surface area contributed by atoms with Crippen molar-refractivity contribution in [3.05, 3.63) is 70.6 Å². The largest absolute Gasteiger partial charge is 0.340 e. The maximum Gasteiger partial charge on any atom is 0.262 e. The number of hydroxylamine groups is 1. The Bertz CT molecular complexity index is 949. The van der Waals surface area contributed by atoms with Gasteiger partial charge in [-0.2, -0.15) is 0 Å². The molecule has 0 atom stereocenters. The lowest BCUT2D eigenvalue weighted by Gasteiger charge is -2.01. The Balaban J connectivity index is 1.58. The lowest BCUT2D eigenvalue weighted by atomic mass is 10.1. The van der Waals surface area contributed by atoms with E-state index in [4.69, 9.17) is 17.4 Å². The van der Waals surface area contributed by atoms with E-state index in [0.29, 0.717) is 10.4 Å². The molecule has 0 spiro atoms. The molecular formula is C19H14N2O2S2. The first kappa shape index (κ1) is 17.1. The van der Waals surface area contributed by atoms with Crippen molar-refractivity contribution in [3.63, 3.8) is 0 Å². The summed E-state index contributed by atoms with van der Waals surface area (Å²) in [4.78, 5) is 13.1. The van der Waals surface area contributed by atoms with Gasteiger partial charge in [0.2, 0.25) is 0 Å². The molecule has 0 aliphatic rings. The molecule has 0 unspecified atom stereocenters. The zero-order chi connectivity index (χ0) is 17.6. The summed E-state index contributed by atoms with van der Waals surface area (Å²) in [6.07, 6.45) is 0.